The molecule has 1 N–H and O–H groups in total. The third-order valence-corrected chi connectivity index (χ3v) is 9.09. The number of aliphatic hydroxyl groups is 1. The first-order chi connectivity index (χ1) is 21.4. The molecule has 0 aliphatic carbocycles. The van der Waals surface area contributed by atoms with Crippen LogP contribution in [0.2, 0.25) is 0 Å². The van der Waals surface area contributed by atoms with E-state index in [0.29, 0.717) is 51.5 Å². The van der Waals surface area contributed by atoms with Crippen LogP contribution in [0.25, 0.3) is 5.76 Å². The number of unbranched alkanes of at least 4 members (excludes halogenated alkanes) is 2. The highest BCUT2D eigenvalue weighted by molar-refractivity contribution is 8.00. The minimum absolute atomic E-state index is 0.0712. The van der Waals surface area contributed by atoms with Crippen LogP contribution in [-0.2, 0) is 15.3 Å². The molecule has 11 heteroatoms. The Morgan fingerprint density at radius 1 is 0.977 bits per heavy atom. The Morgan fingerprint density at radius 2 is 1.77 bits per heavy atom. The van der Waals surface area contributed by atoms with Crippen molar-refractivity contribution in [2.24, 2.45) is 0 Å². The molecule has 8 nitrogen and oxygen atoms in total. The van der Waals surface area contributed by atoms with Gasteiger partial charge in [-0.1, -0.05) is 73.2 Å². The fraction of sp³-hybridized carbons (Fsp3) is 0.273. The van der Waals surface area contributed by atoms with Crippen LogP contribution < -0.4 is 14.4 Å². The highest BCUT2D eigenvalue weighted by Crippen LogP contribution is 2.44. The largest absolute Gasteiger partial charge is 0.507 e. The maximum Gasteiger partial charge on any atom is 0.301 e. The smallest absolute Gasteiger partial charge is 0.301 e. The normalized spacial score (nSPS) is 16.0. The van der Waals surface area contributed by atoms with Gasteiger partial charge < -0.3 is 14.6 Å². The number of ether oxygens (including phenoxy) is 2. The molecular formula is C33H32FN3O5S2. The van der Waals surface area contributed by atoms with Crippen LogP contribution >= 0.6 is 23.1 Å². The van der Waals surface area contributed by atoms with Crippen molar-refractivity contribution in [2.45, 2.75) is 49.2 Å². The standard InChI is InChI=1S/C33H32FN3O5S2/c1-3-5-8-18-42-25-12-9-11-22(19-25)28-27(29(38)21-14-16-24(17-15-21)41-4-2)30(39)31(40)37(28)32-35-36-33(44-32)43-20-23-10-6-7-13-26(23)34/h6-7,9-17,19,28,38H,3-5,8,18,20H2,1-2H3. The number of anilines is 1. The average molecular weight is 634 g/mol. The van der Waals surface area contributed by atoms with E-state index in [0.717, 1.165) is 30.6 Å². The zero-order valence-corrected chi connectivity index (χ0v) is 26.0. The number of rotatable bonds is 13. The summed E-state index contributed by atoms with van der Waals surface area (Å²) in [6.07, 6.45) is 3.00. The van der Waals surface area contributed by atoms with Crippen molar-refractivity contribution in [1.29, 1.82) is 0 Å². The highest BCUT2D eigenvalue weighted by atomic mass is 32.2. The summed E-state index contributed by atoms with van der Waals surface area (Å²) in [5.74, 6) is -0.788. The van der Waals surface area contributed by atoms with E-state index in [1.165, 1.54) is 22.7 Å². The second-order valence-corrected chi connectivity index (χ2v) is 12.2. The van der Waals surface area contributed by atoms with E-state index < -0.39 is 17.7 Å². The molecule has 5 rings (SSSR count). The van der Waals surface area contributed by atoms with E-state index in [-0.39, 0.29) is 22.3 Å². The van der Waals surface area contributed by atoms with Crippen LogP contribution in [0, 0.1) is 5.82 Å². The summed E-state index contributed by atoms with van der Waals surface area (Å²) >= 11 is 2.40. The first kappa shape index (κ1) is 31.2. The Hall–Kier alpha value is -4.22. The lowest BCUT2D eigenvalue weighted by molar-refractivity contribution is -0.132. The SMILES string of the molecule is CCCCCOc1cccc(C2C(=C(O)c3ccc(OCC)cc3)C(=O)C(=O)N2c2nnc(SCc3ccccc3F)s2)c1. The second-order valence-electron chi connectivity index (χ2n) is 9.99. The molecule has 1 aliphatic heterocycles. The maximum atomic E-state index is 14.2. The predicted octanol–water partition coefficient (Wildman–Crippen LogP) is 7.56. The second kappa shape index (κ2) is 14.5. The van der Waals surface area contributed by atoms with E-state index in [2.05, 4.69) is 17.1 Å². The number of hydrogen-bond donors (Lipinski definition) is 1. The average Bonchev–Trinajstić information content (AvgIpc) is 3.61. The van der Waals surface area contributed by atoms with E-state index >= 15 is 0 Å². The number of nitrogens with zero attached hydrogens (tertiary/aromatic N) is 3. The van der Waals surface area contributed by atoms with Crippen molar-refractivity contribution >= 4 is 45.7 Å². The van der Waals surface area contributed by atoms with Gasteiger partial charge in [0.1, 0.15) is 23.1 Å². The lowest BCUT2D eigenvalue weighted by atomic mass is 9.95. The molecule has 1 unspecified atom stereocenters. The third kappa shape index (κ3) is 6.95. The molecule has 2 heterocycles. The van der Waals surface area contributed by atoms with E-state index in [1.807, 2.05) is 13.0 Å². The molecule has 3 aromatic carbocycles. The number of carbonyl (C=O) groups is 2. The summed E-state index contributed by atoms with van der Waals surface area (Å²) < 4.78 is 26.1. The molecule has 0 saturated carbocycles. The molecule has 1 saturated heterocycles. The van der Waals surface area contributed by atoms with Gasteiger partial charge in [0.05, 0.1) is 24.8 Å². The Bertz CT molecular complexity index is 1660. The van der Waals surface area contributed by atoms with Gasteiger partial charge in [0.15, 0.2) is 4.34 Å². The summed E-state index contributed by atoms with van der Waals surface area (Å²) in [6, 6.07) is 19.3. The van der Waals surface area contributed by atoms with Gasteiger partial charge in [0, 0.05) is 11.3 Å². The van der Waals surface area contributed by atoms with Crippen LogP contribution in [0.5, 0.6) is 11.5 Å². The lowest BCUT2D eigenvalue weighted by Gasteiger charge is -2.23. The highest BCUT2D eigenvalue weighted by Gasteiger charge is 2.48. The van der Waals surface area contributed by atoms with Gasteiger partial charge >= 0.3 is 5.91 Å². The number of amides is 1. The molecule has 0 bridgehead atoms. The molecule has 4 aromatic rings. The molecule has 44 heavy (non-hydrogen) atoms. The number of halogens is 1. The number of carbonyl (C=O) groups excluding carboxylic acids is 2. The fourth-order valence-corrected chi connectivity index (χ4v) is 6.66. The van der Waals surface area contributed by atoms with E-state index in [9.17, 15) is 19.1 Å². The van der Waals surface area contributed by atoms with E-state index in [1.54, 1.807) is 60.7 Å². The van der Waals surface area contributed by atoms with Gasteiger partial charge in [-0.05, 0) is 66.9 Å². The Labute approximate surface area is 263 Å². The predicted molar refractivity (Wildman–Crippen MR) is 170 cm³/mol. The molecule has 228 valence electrons. The quantitative estimate of drug-likeness (QED) is 0.0402. The zero-order valence-electron chi connectivity index (χ0n) is 24.4. The number of hydrogen-bond acceptors (Lipinski definition) is 9. The van der Waals surface area contributed by atoms with Crippen molar-refractivity contribution in [3.05, 3.63) is 101 Å². The van der Waals surface area contributed by atoms with E-state index in [4.69, 9.17) is 9.47 Å². The lowest BCUT2D eigenvalue weighted by Crippen LogP contribution is -2.29. The number of aromatic nitrogens is 2. The number of benzene rings is 3. The van der Waals surface area contributed by atoms with Gasteiger partial charge in [-0.2, -0.15) is 0 Å². The Balaban J connectivity index is 1.52. The molecule has 1 aromatic heterocycles. The summed E-state index contributed by atoms with van der Waals surface area (Å²) in [5.41, 5.74) is 1.38. The van der Waals surface area contributed by atoms with Crippen molar-refractivity contribution in [3.63, 3.8) is 0 Å². The summed E-state index contributed by atoms with van der Waals surface area (Å²) in [5, 5.41) is 20.1. The molecule has 1 aliphatic rings. The Kier molecular flexibility index (Phi) is 10.3. The van der Waals surface area contributed by atoms with Gasteiger partial charge in [0.25, 0.3) is 5.78 Å². The summed E-state index contributed by atoms with van der Waals surface area (Å²) in [7, 11) is 0. The summed E-state index contributed by atoms with van der Waals surface area (Å²) in [4.78, 5) is 28.5. The van der Waals surface area contributed by atoms with Crippen LogP contribution in [0.3, 0.4) is 0 Å². The van der Waals surface area contributed by atoms with Crippen LogP contribution in [0.1, 0.15) is 55.8 Å². The van der Waals surface area contributed by atoms with Crippen molar-refractivity contribution < 1.29 is 28.6 Å². The molecule has 1 atom stereocenters. The monoisotopic (exact) mass is 633 g/mol. The molecule has 1 amide bonds. The van der Waals surface area contributed by atoms with Crippen LogP contribution in [-0.4, -0.2) is 40.2 Å². The van der Waals surface area contributed by atoms with Crippen molar-refractivity contribution in [2.75, 3.05) is 18.1 Å². The topological polar surface area (TPSA) is 102 Å². The van der Waals surface area contributed by atoms with Gasteiger partial charge in [-0.3, -0.25) is 14.5 Å². The maximum absolute atomic E-state index is 14.2. The summed E-state index contributed by atoms with van der Waals surface area (Å²) in [6.45, 7) is 5.00. The number of Topliss-reactive ketones (excluding diaryl/α,β-unsaturated/α-hetero) is 1. The number of thioether (sulfide) groups is 1. The van der Waals surface area contributed by atoms with Crippen LogP contribution in [0.15, 0.2) is 82.7 Å². The van der Waals surface area contributed by atoms with Crippen molar-refractivity contribution in [1.82, 2.24) is 10.2 Å². The molecular weight excluding hydrogens is 602 g/mol. The minimum atomic E-state index is -0.988. The molecule has 0 spiro atoms. The Morgan fingerprint density at radius 3 is 2.52 bits per heavy atom. The third-order valence-electron chi connectivity index (χ3n) is 6.98. The fourth-order valence-electron chi connectivity index (χ4n) is 4.81. The molecule has 0 radical (unpaired) electrons. The zero-order chi connectivity index (χ0) is 31.1. The van der Waals surface area contributed by atoms with Gasteiger partial charge in [-0.25, -0.2) is 4.39 Å². The molecule has 1 fully saturated rings. The number of aliphatic hydroxyl groups excluding tert-OH is 1. The van der Waals surface area contributed by atoms with Gasteiger partial charge in [0.2, 0.25) is 5.13 Å². The van der Waals surface area contributed by atoms with Crippen molar-refractivity contribution in [3.8, 4) is 11.5 Å². The van der Waals surface area contributed by atoms with Gasteiger partial charge in [-0.15, -0.1) is 10.2 Å². The first-order valence-corrected chi connectivity index (χ1v) is 16.2. The number of ketones is 1. The minimum Gasteiger partial charge on any atom is -0.507 e. The van der Waals surface area contributed by atoms with Crippen LogP contribution in [0.4, 0.5) is 9.52 Å². The first-order valence-electron chi connectivity index (χ1n) is 14.4.